The average Bonchev–Trinajstić information content (AvgIpc) is 2.35. The molecule has 2 N–H and O–H groups in total. The minimum Gasteiger partial charge on any atom is -0.508 e. The van der Waals surface area contributed by atoms with Gasteiger partial charge in [0.25, 0.3) is 0 Å². The summed E-state index contributed by atoms with van der Waals surface area (Å²) in [5.74, 6) is 0.379. The Labute approximate surface area is 111 Å². The van der Waals surface area contributed by atoms with E-state index in [9.17, 15) is 5.11 Å². The molecule has 0 fully saturated rings. The quantitative estimate of drug-likeness (QED) is 0.779. The van der Waals surface area contributed by atoms with E-state index in [4.69, 9.17) is 0 Å². The van der Waals surface area contributed by atoms with Gasteiger partial charge in [0.15, 0.2) is 0 Å². The van der Waals surface area contributed by atoms with Crippen LogP contribution in [0.2, 0.25) is 0 Å². The predicted octanol–water partition coefficient (Wildman–Crippen LogP) is 3.30. The van der Waals surface area contributed by atoms with Crippen molar-refractivity contribution in [2.75, 3.05) is 25.0 Å². The van der Waals surface area contributed by atoms with E-state index in [-0.39, 0.29) is 6.04 Å². The summed E-state index contributed by atoms with van der Waals surface area (Å²) < 4.78 is 0. The first-order valence-corrected chi connectivity index (χ1v) is 6.87. The Morgan fingerprint density at radius 3 is 2.61 bits per heavy atom. The molecule has 1 aromatic carbocycles. The van der Waals surface area contributed by atoms with Crippen LogP contribution in [0.25, 0.3) is 0 Å². The molecule has 0 spiro atoms. The van der Waals surface area contributed by atoms with Crippen LogP contribution in [0.15, 0.2) is 18.2 Å². The van der Waals surface area contributed by atoms with Gasteiger partial charge in [-0.05, 0) is 26.0 Å². The Morgan fingerprint density at radius 1 is 1.33 bits per heavy atom. The smallest absolute Gasteiger partial charge is 0.122 e. The number of rotatable bonds is 7. The van der Waals surface area contributed by atoms with E-state index >= 15 is 0 Å². The van der Waals surface area contributed by atoms with Gasteiger partial charge < -0.3 is 15.3 Å². The third-order valence-corrected chi connectivity index (χ3v) is 3.28. The summed E-state index contributed by atoms with van der Waals surface area (Å²) in [6.45, 7) is 8.25. The van der Waals surface area contributed by atoms with Crippen molar-refractivity contribution in [3.8, 4) is 5.75 Å². The molecule has 1 unspecified atom stereocenters. The van der Waals surface area contributed by atoms with Gasteiger partial charge in [0.1, 0.15) is 5.75 Å². The van der Waals surface area contributed by atoms with Crippen LogP contribution in [-0.4, -0.2) is 25.2 Å². The normalized spacial score (nSPS) is 12.4. The number of aromatic hydroxyl groups is 1. The summed E-state index contributed by atoms with van der Waals surface area (Å²) in [6.07, 6.45) is 2.36. The van der Waals surface area contributed by atoms with Gasteiger partial charge in [0, 0.05) is 37.0 Å². The molecule has 0 radical (unpaired) electrons. The molecule has 18 heavy (non-hydrogen) atoms. The zero-order valence-corrected chi connectivity index (χ0v) is 12.0. The second kappa shape index (κ2) is 7.27. The van der Waals surface area contributed by atoms with Crippen molar-refractivity contribution >= 4 is 5.69 Å². The zero-order chi connectivity index (χ0) is 13.5. The maximum atomic E-state index is 10.1. The Bertz CT molecular complexity index is 366. The summed E-state index contributed by atoms with van der Waals surface area (Å²) in [5.41, 5.74) is 2.04. The van der Waals surface area contributed by atoms with Crippen LogP contribution in [0.3, 0.4) is 0 Å². The fraction of sp³-hybridized carbons (Fsp3) is 0.600. The molecule has 0 saturated heterocycles. The van der Waals surface area contributed by atoms with E-state index in [1.165, 1.54) is 12.8 Å². The van der Waals surface area contributed by atoms with Gasteiger partial charge in [0.05, 0.1) is 0 Å². The lowest BCUT2D eigenvalue weighted by Gasteiger charge is -2.21. The molecule has 102 valence electrons. The van der Waals surface area contributed by atoms with Crippen LogP contribution in [0.4, 0.5) is 5.69 Å². The lowest BCUT2D eigenvalue weighted by molar-refractivity contribution is 0.454. The fourth-order valence-electron chi connectivity index (χ4n) is 2.08. The van der Waals surface area contributed by atoms with Crippen molar-refractivity contribution in [2.24, 2.45) is 0 Å². The lowest BCUT2D eigenvalue weighted by Crippen LogP contribution is -2.20. The molecule has 3 heteroatoms. The van der Waals surface area contributed by atoms with Gasteiger partial charge >= 0.3 is 0 Å². The molecule has 0 aliphatic heterocycles. The monoisotopic (exact) mass is 250 g/mol. The van der Waals surface area contributed by atoms with Crippen LogP contribution < -0.4 is 10.2 Å². The van der Waals surface area contributed by atoms with Crippen molar-refractivity contribution in [2.45, 2.75) is 39.7 Å². The van der Waals surface area contributed by atoms with Crippen molar-refractivity contribution in [1.29, 1.82) is 0 Å². The molecular weight excluding hydrogens is 224 g/mol. The Morgan fingerprint density at radius 2 is 2.06 bits per heavy atom. The molecule has 0 aliphatic carbocycles. The van der Waals surface area contributed by atoms with Crippen molar-refractivity contribution in [3.63, 3.8) is 0 Å². The molecule has 0 saturated carbocycles. The van der Waals surface area contributed by atoms with Crippen molar-refractivity contribution in [1.82, 2.24) is 5.32 Å². The first-order valence-electron chi connectivity index (χ1n) is 6.87. The summed E-state index contributed by atoms with van der Waals surface area (Å²) in [7, 11) is 2.07. The number of hydrogen-bond acceptors (Lipinski definition) is 3. The zero-order valence-electron chi connectivity index (χ0n) is 12.0. The Hall–Kier alpha value is -1.22. The topological polar surface area (TPSA) is 35.5 Å². The van der Waals surface area contributed by atoms with Crippen molar-refractivity contribution < 1.29 is 5.11 Å². The van der Waals surface area contributed by atoms with Crippen LogP contribution in [-0.2, 0) is 0 Å². The number of nitrogens with one attached hydrogen (secondary N) is 1. The summed E-state index contributed by atoms with van der Waals surface area (Å²) >= 11 is 0. The highest BCUT2D eigenvalue weighted by molar-refractivity contribution is 5.53. The number of anilines is 1. The largest absolute Gasteiger partial charge is 0.508 e. The number of nitrogens with zero attached hydrogens (tertiary/aromatic N) is 1. The second-order valence-electron chi connectivity index (χ2n) is 4.80. The van der Waals surface area contributed by atoms with Crippen molar-refractivity contribution in [3.05, 3.63) is 23.8 Å². The molecule has 0 aliphatic rings. The van der Waals surface area contributed by atoms with Gasteiger partial charge in [-0.25, -0.2) is 0 Å². The van der Waals surface area contributed by atoms with Crippen LogP contribution >= 0.6 is 0 Å². The number of hydrogen-bond donors (Lipinski definition) is 2. The average molecular weight is 250 g/mol. The third kappa shape index (κ3) is 3.91. The highest BCUT2D eigenvalue weighted by Gasteiger charge is 2.10. The maximum absolute atomic E-state index is 10.1. The standard InChI is InChI=1S/C15H26N2O/c1-5-7-10-17(4)13-8-9-14(15(18)11-13)12(3)16-6-2/h8-9,11-12,16,18H,5-7,10H2,1-4H3. The molecule has 1 aromatic rings. The molecule has 0 bridgehead atoms. The lowest BCUT2D eigenvalue weighted by atomic mass is 10.1. The minimum absolute atomic E-state index is 0.185. The van der Waals surface area contributed by atoms with E-state index in [1.807, 2.05) is 12.1 Å². The summed E-state index contributed by atoms with van der Waals surface area (Å²) in [6, 6.07) is 6.14. The number of phenols is 1. The Balaban J connectivity index is 2.78. The fourth-order valence-corrected chi connectivity index (χ4v) is 2.08. The van der Waals surface area contributed by atoms with Crippen LogP contribution in [0.1, 0.15) is 45.2 Å². The maximum Gasteiger partial charge on any atom is 0.122 e. The second-order valence-corrected chi connectivity index (χ2v) is 4.80. The molecule has 0 heterocycles. The van der Waals surface area contributed by atoms with E-state index in [0.717, 1.165) is 24.3 Å². The SMILES string of the molecule is CCCCN(C)c1ccc(C(C)NCC)c(O)c1. The number of unbranched alkanes of at least 4 members (excludes halogenated alkanes) is 1. The van der Waals surface area contributed by atoms with E-state index in [2.05, 4.69) is 44.1 Å². The highest BCUT2D eigenvalue weighted by Crippen LogP contribution is 2.28. The minimum atomic E-state index is 0.185. The predicted molar refractivity (Wildman–Crippen MR) is 78.4 cm³/mol. The van der Waals surface area contributed by atoms with Crippen LogP contribution in [0, 0.1) is 0 Å². The molecule has 0 aromatic heterocycles. The number of phenolic OH excluding ortho intramolecular Hbond substituents is 1. The molecule has 1 atom stereocenters. The molecule has 3 nitrogen and oxygen atoms in total. The molecular formula is C15H26N2O. The summed E-state index contributed by atoms with van der Waals surface area (Å²) in [4.78, 5) is 2.19. The van der Waals surface area contributed by atoms with Gasteiger partial charge in [0.2, 0.25) is 0 Å². The third-order valence-electron chi connectivity index (χ3n) is 3.28. The van der Waals surface area contributed by atoms with E-state index in [0.29, 0.717) is 5.75 Å². The molecule has 0 amide bonds. The number of benzene rings is 1. The summed E-state index contributed by atoms with van der Waals surface area (Å²) in [5, 5.41) is 13.4. The molecule has 1 rings (SSSR count). The van der Waals surface area contributed by atoms with Crippen LogP contribution in [0.5, 0.6) is 5.75 Å². The van der Waals surface area contributed by atoms with Gasteiger partial charge in [-0.1, -0.05) is 26.3 Å². The van der Waals surface area contributed by atoms with Gasteiger partial charge in [-0.3, -0.25) is 0 Å². The van der Waals surface area contributed by atoms with Gasteiger partial charge in [-0.15, -0.1) is 0 Å². The van der Waals surface area contributed by atoms with E-state index in [1.54, 1.807) is 0 Å². The van der Waals surface area contributed by atoms with E-state index < -0.39 is 0 Å². The van der Waals surface area contributed by atoms with Gasteiger partial charge in [-0.2, -0.15) is 0 Å². The highest BCUT2D eigenvalue weighted by atomic mass is 16.3. The Kier molecular flexibility index (Phi) is 5.99. The first-order chi connectivity index (χ1) is 8.60. The first kappa shape index (κ1) is 14.8.